The van der Waals surface area contributed by atoms with Crippen molar-refractivity contribution in [3.05, 3.63) is 17.6 Å². The van der Waals surface area contributed by atoms with Crippen LogP contribution in [0.1, 0.15) is 11.3 Å². The van der Waals surface area contributed by atoms with Crippen LogP contribution in [0.3, 0.4) is 0 Å². The van der Waals surface area contributed by atoms with Crippen molar-refractivity contribution in [3.63, 3.8) is 0 Å². The number of hydrogen-bond donors (Lipinski definition) is 1. The maximum absolute atomic E-state index is 9.72. The molecule has 0 fully saturated rings. The van der Waals surface area contributed by atoms with Crippen LogP contribution in [-0.4, -0.2) is 33.4 Å². The number of nitrogens with zero attached hydrogens (tertiary/aromatic N) is 3. The summed E-state index contributed by atoms with van der Waals surface area (Å²) < 4.78 is 7.10. The lowest BCUT2D eigenvalue weighted by atomic mass is 10.2. The zero-order chi connectivity index (χ0) is 11.7. The van der Waals surface area contributed by atoms with Crippen molar-refractivity contribution < 1.29 is 9.84 Å². The quantitative estimate of drug-likeness (QED) is 0.851. The van der Waals surface area contributed by atoms with E-state index in [0.29, 0.717) is 6.61 Å². The second kappa shape index (κ2) is 4.09. The highest BCUT2D eigenvalue weighted by atomic mass is 16.5. The van der Waals surface area contributed by atoms with Crippen LogP contribution in [-0.2, 0) is 11.3 Å². The summed E-state index contributed by atoms with van der Waals surface area (Å²) in [5.74, 6) is 0.0433. The van der Waals surface area contributed by atoms with E-state index in [9.17, 15) is 5.11 Å². The van der Waals surface area contributed by atoms with E-state index >= 15 is 0 Å². The molecule has 2 heterocycles. The summed E-state index contributed by atoms with van der Waals surface area (Å²) in [6, 6.07) is 0. The van der Waals surface area contributed by atoms with Gasteiger partial charge in [0.15, 0.2) is 0 Å². The van der Waals surface area contributed by atoms with E-state index in [-0.39, 0.29) is 5.88 Å². The van der Waals surface area contributed by atoms with Crippen LogP contribution >= 0.6 is 0 Å². The number of methoxy groups -OCH3 is 1. The SMILES string of the molecule is COCCn1c(C)c(C)c2c(O)ncnc21. The molecule has 0 unspecified atom stereocenters. The molecule has 2 aromatic heterocycles. The molecule has 0 saturated heterocycles. The first-order valence-corrected chi connectivity index (χ1v) is 5.15. The molecule has 0 spiro atoms. The Bertz CT molecular complexity index is 519. The van der Waals surface area contributed by atoms with Crippen LogP contribution < -0.4 is 0 Å². The maximum atomic E-state index is 9.72. The van der Waals surface area contributed by atoms with Crippen LogP contribution in [0.2, 0.25) is 0 Å². The summed E-state index contributed by atoms with van der Waals surface area (Å²) in [4.78, 5) is 8.02. The molecule has 0 amide bonds. The minimum absolute atomic E-state index is 0.0433. The Hall–Kier alpha value is -1.62. The van der Waals surface area contributed by atoms with Crippen molar-refractivity contribution >= 4 is 11.0 Å². The van der Waals surface area contributed by atoms with E-state index in [2.05, 4.69) is 9.97 Å². The van der Waals surface area contributed by atoms with E-state index in [1.165, 1.54) is 6.33 Å². The van der Waals surface area contributed by atoms with E-state index in [0.717, 1.165) is 28.8 Å². The first kappa shape index (κ1) is 10.9. The minimum Gasteiger partial charge on any atom is -0.493 e. The molecule has 0 radical (unpaired) electrons. The van der Waals surface area contributed by atoms with Gasteiger partial charge in [-0.25, -0.2) is 9.97 Å². The van der Waals surface area contributed by atoms with Gasteiger partial charge in [-0.3, -0.25) is 0 Å². The van der Waals surface area contributed by atoms with Gasteiger partial charge in [-0.05, 0) is 19.4 Å². The molecule has 2 rings (SSSR count). The zero-order valence-corrected chi connectivity index (χ0v) is 9.69. The Morgan fingerprint density at radius 1 is 1.38 bits per heavy atom. The second-order valence-corrected chi connectivity index (χ2v) is 3.75. The molecule has 0 atom stereocenters. The van der Waals surface area contributed by atoms with Crippen molar-refractivity contribution in [1.82, 2.24) is 14.5 Å². The number of aryl methyl sites for hydroxylation is 1. The van der Waals surface area contributed by atoms with E-state index in [4.69, 9.17) is 4.74 Å². The molecule has 0 saturated carbocycles. The molecular weight excluding hydrogens is 206 g/mol. The minimum atomic E-state index is 0.0433. The highest BCUT2D eigenvalue weighted by molar-refractivity contribution is 5.86. The van der Waals surface area contributed by atoms with Crippen molar-refractivity contribution in [2.45, 2.75) is 20.4 Å². The van der Waals surface area contributed by atoms with Crippen LogP contribution in [0.15, 0.2) is 6.33 Å². The predicted molar refractivity (Wildman–Crippen MR) is 60.5 cm³/mol. The fourth-order valence-corrected chi connectivity index (χ4v) is 1.91. The average Bonchev–Trinajstić information content (AvgIpc) is 2.51. The Morgan fingerprint density at radius 2 is 2.12 bits per heavy atom. The van der Waals surface area contributed by atoms with Gasteiger partial charge in [-0.1, -0.05) is 0 Å². The normalized spacial score (nSPS) is 11.2. The average molecular weight is 221 g/mol. The Labute approximate surface area is 93.7 Å². The van der Waals surface area contributed by atoms with Gasteiger partial charge in [-0.15, -0.1) is 0 Å². The smallest absolute Gasteiger partial charge is 0.223 e. The lowest BCUT2D eigenvalue weighted by Gasteiger charge is -2.06. The summed E-state index contributed by atoms with van der Waals surface area (Å²) in [6.45, 7) is 5.31. The summed E-state index contributed by atoms with van der Waals surface area (Å²) in [7, 11) is 1.67. The van der Waals surface area contributed by atoms with Crippen LogP contribution in [0.5, 0.6) is 5.88 Å². The second-order valence-electron chi connectivity index (χ2n) is 3.75. The van der Waals surface area contributed by atoms with Crippen LogP contribution in [0.4, 0.5) is 0 Å². The predicted octanol–water partition coefficient (Wildman–Crippen LogP) is 1.40. The Kier molecular flexibility index (Phi) is 2.78. The van der Waals surface area contributed by atoms with E-state index < -0.39 is 0 Å². The first-order valence-electron chi connectivity index (χ1n) is 5.15. The van der Waals surface area contributed by atoms with E-state index in [1.54, 1.807) is 7.11 Å². The molecule has 0 aliphatic heterocycles. The number of hydrogen-bond acceptors (Lipinski definition) is 4. The molecular formula is C11H15N3O2. The lowest BCUT2D eigenvalue weighted by molar-refractivity contribution is 0.187. The van der Waals surface area contributed by atoms with E-state index in [1.807, 2.05) is 18.4 Å². The highest BCUT2D eigenvalue weighted by Gasteiger charge is 2.15. The Balaban J connectivity index is 2.64. The third-order valence-corrected chi connectivity index (χ3v) is 2.90. The van der Waals surface area contributed by atoms with Gasteiger partial charge in [-0.2, -0.15) is 0 Å². The molecule has 0 aliphatic rings. The third-order valence-electron chi connectivity index (χ3n) is 2.90. The molecule has 0 bridgehead atoms. The van der Waals surface area contributed by atoms with Gasteiger partial charge in [0.2, 0.25) is 5.88 Å². The summed E-state index contributed by atoms with van der Waals surface area (Å²) in [6.07, 6.45) is 1.37. The molecule has 0 aliphatic carbocycles. The van der Waals surface area contributed by atoms with Gasteiger partial charge in [0.1, 0.15) is 12.0 Å². The van der Waals surface area contributed by atoms with Crippen molar-refractivity contribution in [2.75, 3.05) is 13.7 Å². The largest absolute Gasteiger partial charge is 0.493 e. The fourth-order valence-electron chi connectivity index (χ4n) is 1.91. The summed E-state index contributed by atoms with van der Waals surface area (Å²) in [5, 5.41) is 10.5. The molecule has 1 N–H and O–H groups in total. The summed E-state index contributed by atoms with van der Waals surface area (Å²) >= 11 is 0. The number of aromatic hydroxyl groups is 1. The summed E-state index contributed by atoms with van der Waals surface area (Å²) in [5.41, 5.74) is 2.87. The molecule has 16 heavy (non-hydrogen) atoms. The van der Waals surface area contributed by atoms with Crippen LogP contribution in [0, 0.1) is 13.8 Å². The van der Waals surface area contributed by atoms with Crippen molar-refractivity contribution in [1.29, 1.82) is 0 Å². The maximum Gasteiger partial charge on any atom is 0.223 e. The van der Waals surface area contributed by atoms with Gasteiger partial charge >= 0.3 is 0 Å². The number of rotatable bonds is 3. The van der Waals surface area contributed by atoms with Crippen molar-refractivity contribution in [3.8, 4) is 5.88 Å². The van der Waals surface area contributed by atoms with Gasteiger partial charge < -0.3 is 14.4 Å². The monoisotopic (exact) mass is 221 g/mol. The highest BCUT2D eigenvalue weighted by Crippen LogP contribution is 2.28. The third kappa shape index (κ3) is 1.53. The van der Waals surface area contributed by atoms with Gasteiger partial charge in [0, 0.05) is 19.3 Å². The molecule has 86 valence electrons. The number of fused-ring (bicyclic) bond motifs is 1. The molecule has 5 nitrogen and oxygen atoms in total. The number of ether oxygens (including phenoxy) is 1. The topological polar surface area (TPSA) is 60.2 Å². The standard InChI is InChI=1S/C11H15N3O2/c1-7-8(2)14(4-5-16-3)10-9(7)11(15)13-6-12-10/h6H,4-5H2,1-3H3,(H,12,13,15). The molecule has 0 aromatic carbocycles. The lowest BCUT2D eigenvalue weighted by Crippen LogP contribution is -2.06. The first-order chi connectivity index (χ1) is 7.66. The molecule has 5 heteroatoms. The van der Waals surface area contributed by atoms with Gasteiger partial charge in [0.05, 0.1) is 12.0 Å². The zero-order valence-electron chi connectivity index (χ0n) is 9.69. The number of aromatic nitrogens is 3. The van der Waals surface area contributed by atoms with Gasteiger partial charge in [0.25, 0.3) is 0 Å². The van der Waals surface area contributed by atoms with Crippen LogP contribution in [0.25, 0.3) is 11.0 Å². The fraction of sp³-hybridized carbons (Fsp3) is 0.455. The Morgan fingerprint density at radius 3 is 2.81 bits per heavy atom. The van der Waals surface area contributed by atoms with Crippen molar-refractivity contribution in [2.24, 2.45) is 0 Å². The molecule has 2 aromatic rings.